The van der Waals surface area contributed by atoms with Gasteiger partial charge in [0.2, 0.25) is 11.8 Å². The van der Waals surface area contributed by atoms with Gasteiger partial charge in [0.05, 0.1) is 0 Å². The number of nitrogens with one attached hydrogen (secondary N) is 2. The number of rotatable bonds is 9. The molecule has 0 spiro atoms. The van der Waals surface area contributed by atoms with Crippen molar-refractivity contribution in [2.24, 2.45) is 0 Å². The molecule has 0 fully saturated rings. The van der Waals surface area contributed by atoms with Crippen LogP contribution in [0.2, 0.25) is 0 Å². The van der Waals surface area contributed by atoms with Crippen LogP contribution in [0.25, 0.3) is 0 Å². The first kappa shape index (κ1) is 19.8. The minimum absolute atomic E-state index is 0.00771. The number of carbonyl (C=O) groups is 2. The first-order valence-electron chi connectivity index (χ1n) is 8.65. The van der Waals surface area contributed by atoms with Crippen molar-refractivity contribution in [3.63, 3.8) is 0 Å². The Bertz CT molecular complexity index is 757. The highest BCUT2D eigenvalue weighted by molar-refractivity contribution is 7.99. The molecular weight excluding hydrogens is 344 g/mol. The SMILES string of the molecule is C=CC(=O)Nc1ccc(CCC(=O)Nc2cccc(SCCC)c2)cc1. The largest absolute Gasteiger partial charge is 0.326 e. The van der Waals surface area contributed by atoms with E-state index >= 15 is 0 Å². The summed E-state index contributed by atoms with van der Waals surface area (Å²) >= 11 is 1.79. The Morgan fingerprint density at radius 3 is 2.54 bits per heavy atom. The number of hydrogen-bond acceptors (Lipinski definition) is 3. The molecule has 0 aliphatic heterocycles. The lowest BCUT2D eigenvalue weighted by Gasteiger charge is -2.08. The molecule has 0 saturated heterocycles. The highest BCUT2D eigenvalue weighted by atomic mass is 32.2. The van der Waals surface area contributed by atoms with Crippen LogP contribution in [0.3, 0.4) is 0 Å². The van der Waals surface area contributed by atoms with Crippen LogP contribution in [0.15, 0.2) is 66.1 Å². The summed E-state index contributed by atoms with van der Waals surface area (Å²) in [6.07, 6.45) is 3.40. The van der Waals surface area contributed by atoms with E-state index in [2.05, 4.69) is 30.2 Å². The van der Waals surface area contributed by atoms with E-state index in [9.17, 15) is 9.59 Å². The molecule has 0 bridgehead atoms. The molecule has 0 aliphatic rings. The number of thioether (sulfide) groups is 1. The Balaban J connectivity index is 1.83. The lowest BCUT2D eigenvalue weighted by atomic mass is 10.1. The van der Waals surface area contributed by atoms with Gasteiger partial charge in [0.15, 0.2) is 0 Å². The monoisotopic (exact) mass is 368 g/mol. The van der Waals surface area contributed by atoms with Gasteiger partial charge in [0, 0.05) is 22.7 Å². The van der Waals surface area contributed by atoms with Gasteiger partial charge in [-0.05, 0) is 60.6 Å². The van der Waals surface area contributed by atoms with E-state index in [0.29, 0.717) is 18.5 Å². The Kier molecular flexibility index (Phi) is 7.96. The van der Waals surface area contributed by atoms with Crippen LogP contribution in [-0.2, 0) is 16.0 Å². The molecule has 5 heteroatoms. The van der Waals surface area contributed by atoms with Gasteiger partial charge in [-0.25, -0.2) is 0 Å². The molecule has 0 aromatic heterocycles. The van der Waals surface area contributed by atoms with Gasteiger partial charge in [-0.1, -0.05) is 31.7 Å². The molecule has 0 saturated carbocycles. The minimum Gasteiger partial charge on any atom is -0.326 e. The van der Waals surface area contributed by atoms with Gasteiger partial charge >= 0.3 is 0 Å². The Morgan fingerprint density at radius 1 is 1.08 bits per heavy atom. The number of benzene rings is 2. The highest BCUT2D eigenvalue weighted by Gasteiger charge is 2.05. The third-order valence-corrected chi connectivity index (χ3v) is 4.84. The van der Waals surface area contributed by atoms with Crippen LogP contribution in [0.4, 0.5) is 11.4 Å². The molecule has 0 radical (unpaired) electrons. The lowest BCUT2D eigenvalue weighted by molar-refractivity contribution is -0.116. The fourth-order valence-corrected chi connectivity index (χ4v) is 3.14. The van der Waals surface area contributed by atoms with Crippen molar-refractivity contribution in [3.05, 3.63) is 66.7 Å². The van der Waals surface area contributed by atoms with Crippen molar-refractivity contribution in [2.75, 3.05) is 16.4 Å². The summed E-state index contributed by atoms with van der Waals surface area (Å²) in [5.74, 6) is 0.823. The molecule has 2 rings (SSSR count). The maximum atomic E-state index is 12.2. The van der Waals surface area contributed by atoms with Crippen LogP contribution in [0.5, 0.6) is 0 Å². The Hall–Kier alpha value is -2.53. The summed E-state index contributed by atoms with van der Waals surface area (Å²) in [6, 6.07) is 15.4. The van der Waals surface area contributed by atoms with E-state index in [1.54, 1.807) is 11.8 Å². The van der Waals surface area contributed by atoms with E-state index in [4.69, 9.17) is 0 Å². The molecule has 0 heterocycles. The van der Waals surface area contributed by atoms with Gasteiger partial charge in [-0.3, -0.25) is 9.59 Å². The molecule has 136 valence electrons. The molecule has 26 heavy (non-hydrogen) atoms. The fraction of sp³-hybridized carbons (Fsp3) is 0.238. The minimum atomic E-state index is -0.239. The summed E-state index contributed by atoms with van der Waals surface area (Å²) in [7, 11) is 0. The van der Waals surface area contributed by atoms with Crippen molar-refractivity contribution in [3.8, 4) is 0 Å². The third kappa shape index (κ3) is 6.76. The summed E-state index contributed by atoms with van der Waals surface area (Å²) in [4.78, 5) is 24.6. The predicted molar refractivity (Wildman–Crippen MR) is 110 cm³/mol. The smallest absolute Gasteiger partial charge is 0.247 e. The topological polar surface area (TPSA) is 58.2 Å². The molecule has 4 nitrogen and oxygen atoms in total. The zero-order valence-corrected chi connectivity index (χ0v) is 15.8. The van der Waals surface area contributed by atoms with Crippen molar-refractivity contribution >= 4 is 35.0 Å². The normalized spacial score (nSPS) is 10.2. The molecule has 0 aliphatic carbocycles. The molecule has 0 unspecified atom stereocenters. The quantitative estimate of drug-likeness (QED) is 0.490. The molecule has 2 N–H and O–H groups in total. The van der Waals surface area contributed by atoms with Crippen molar-refractivity contribution in [1.82, 2.24) is 0 Å². The summed E-state index contributed by atoms with van der Waals surface area (Å²) in [5, 5.41) is 5.65. The number of carbonyl (C=O) groups excluding carboxylic acids is 2. The predicted octanol–water partition coefficient (Wildman–Crippen LogP) is 4.88. The molecule has 2 aromatic carbocycles. The molecule has 2 aromatic rings. The van der Waals surface area contributed by atoms with Crippen LogP contribution >= 0.6 is 11.8 Å². The molecule has 2 amide bonds. The number of aryl methyl sites for hydroxylation is 1. The van der Waals surface area contributed by atoms with Gasteiger partial charge in [-0.2, -0.15) is 0 Å². The zero-order valence-electron chi connectivity index (χ0n) is 15.0. The van der Waals surface area contributed by atoms with Gasteiger partial charge in [-0.15, -0.1) is 11.8 Å². The molecular formula is C21H24N2O2S. The van der Waals surface area contributed by atoms with E-state index in [0.717, 1.165) is 23.4 Å². The second-order valence-electron chi connectivity index (χ2n) is 5.81. The van der Waals surface area contributed by atoms with Gasteiger partial charge < -0.3 is 10.6 Å². The number of hydrogen-bond donors (Lipinski definition) is 2. The summed E-state index contributed by atoms with van der Waals surface area (Å²) < 4.78 is 0. The van der Waals surface area contributed by atoms with Crippen molar-refractivity contribution in [2.45, 2.75) is 31.1 Å². The van der Waals surface area contributed by atoms with E-state index < -0.39 is 0 Å². The first-order valence-corrected chi connectivity index (χ1v) is 9.64. The average Bonchev–Trinajstić information content (AvgIpc) is 2.66. The summed E-state index contributed by atoms with van der Waals surface area (Å²) in [5.41, 5.74) is 2.59. The lowest BCUT2D eigenvalue weighted by Crippen LogP contribution is -2.12. The van der Waals surface area contributed by atoms with Crippen LogP contribution in [0, 0.1) is 0 Å². The Labute approximate surface area is 159 Å². The van der Waals surface area contributed by atoms with Crippen molar-refractivity contribution < 1.29 is 9.59 Å². The van der Waals surface area contributed by atoms with Crippen molar-refractivity contribution in [1.29, 1.82) is 0 Å². The fourth-order valence-electron chi connectivity index (χ4n) is 2.31. The van der Waals surface area contributed by atoms with Gasteiger partial charge in [0.1, 0.15) is 0 Å². The zero-order chi connectivity index (χ0) is 18.8. The average molecular weight is 369 g/mol. The van der Waals surface area contributed by atoms with E-state index in [1.807, 2.05) is 42.5 Å². The first-order chi connectivity index (χ1) is 12.6. The maximum absolute atomic E-state index is 12.2. The van der Waals surface area contributed by atoms with Crippen LogP contribution < -0.4 is 10.6 Å². The third-order valence-electron chi connectivity index (χ3n) is 3.64. The van der Waals surface area contributed by atoms with Crippen LogP contribution in [0.1, 0.15) is 25.3 Å². The number of anilines is 2. The van der Waals surface area contributed by atoms with Gasteiger partial charge in [0.25, 0.3) is 0 Å². The molecule has 0 atom stereocenters. The second kappa shape index (κ2) is 10.5. The Morgan fingerprint density at radius 2 is 1.85 bits per heavy atom. The summed E-state index contributed by atoms with van der Waals surface area (Å²) in [6.45, 7) is 5.57. The highest BCUT2D eigenvalue weighted by Crippen LogP contribution is 2.22. The van der Waals surface area contributed by atoms with Crippen LogP contribution in [-0.4, -0.2) is 17.6 Å². The number of amides is 2. The van der Waals surface area contributed by atoms with E-state index in [-0.39, 0.29) is 11.8 Å². The standard InChI is InChI=1S/C21H24N2O2S/c1-3-14-26-19-7-5-6-18(15-19)23-21(25)13-10-16-8-11-17(12-9-16)22-20(24)4-2/h4-9,11-12,15H,2-3,10,13-14H2,1H3,(H,22,24)(H,23,25). The maximum Gasteiger partial charge on any atom is 0.247 e. The second-order valence-corrected chi connectivity index (χ2v) is 6.98. The van der Waals surface area contributed by atoms with E-state index in [1.165, 1.54) is 11.0 Å².